The molecule has 0 bridgehead atoms. The Balaban J connectivity index is 1.47. The van der Waals surface area contributed by atoms with Crippen molar-refractivity contribution in [1.29, 1.82) is 0 Å². The number of allylic oxidation sites excluding steroid dienone is 1. The molecule has 0 saturated carbocycles. The molecule has 0 spiro atoms. The molecule has 1 N–H and O–H groups in total. The lowest BCUT2D eigenvalue weighted by Crippen LogP contribution is -2.46. The Labute approximate surface area is 202 Å². The van der Waals surface area contributed by atoms with Crippen molar-refractivity contribution in [3.05, 3.63) is 101 Å². The third-order valence-electron chi connectivity index (χ3n) is 5.82. The van der Waals surface area contributed by atoms with Crippen molar-refractivity contribution >= 4 is 34.2 Å². The van der Waals surface area contributed by atoms with E-state index in [9.17, 15) is 0 Å². The van der Waals surface area contributed by atoms with Crippen molar-refractivity contribution in [2.45, 2.75) is 25.8 Å². The average molecular weight is 473 g/mol. The van der Waals surface area contributed by atoms with Crippen molar-refractivity contribution in [2.75, 3.05) is 6.54 Å². The molecule has 0 saturated heterocycles. The van der Waals surface area contributed by atoms with E-state index in [1.165, 1.54) is 5.56 Å². The second kappa shape index (κ2) is 9.68. The van der Waals surface area contributed by atoms with Gasteiger partial charge in [0.1, 0.15) is 0 Å². The Bertz CT molecular complexity index is 1250. The summed E-state index contributed by atoms with van der Waals surface area (Å²) >= 11 is 7.40. The largest absolute Gasteiger partial charge is 0.351 e. The standard InChI is InChI=1S/C26H24N4OS2/c1-18-22(25-28-24(29-31-25)21-15-9-17-33-21)23(20-13-6-3-7-14-20)27-26(32)30(18)16-8-12-19-10-4-2-5-11-19/h2-7,9-11,13-15,17,23H,8,12,16H2,1H3,(H,27,32). The summed E-state index contributed by atoms with van der Waals surface area (Å²) in [6, 6.07) is 24.6. The van der Waals surface area contributed by atoms with Crippen molar-refractivity contribution in [3.8, 4) is 10.7 Å². The normalized spacial score (nSPS) is 16.2. The summed E-state index contributed by atoms with van der Waals surface area (Å²) < 4.78 is 5.79. The van der Waals surface area contributed by atoms with E-state index in [0.29, 0.717) is 11.7 Å². The number of hydrogen-bond donors (Lipinski definition) is 1. The van der Waals surface area contributed by atoms with Crippen LogP contribution in [0.1, 0.15) is 36.4 Å². The SMILES string of the molecule is CC1=C(c2nc(-c3cccs3)no2)C(c2ccccc2)NC(=S)N1CCCc1ccccc1. The monoisotopic (exact) mass is 472 g/mol. The minimum atomic E-state index is -0.152. The number of hydrogen-bond acceptors (Lipinski definition) is 5. The van der Waals surface area contributed by atoms with Crippen LogP contribution in [0.4, 0.5) is 0 Å². The van der Waals surface area contributed by atoms with Crippen molar-refractivity contribution in [3.63, 3.8) is 0 Å². The maximum atomic E-state index is 5.80. The van der Waals surface area contributed by atoms with Gasteiger partial charge in [-0.05, 0) is 54.6 Å². The molecule has 2 aromatic carbocycles. The molecule has 1 aliphatic rings. The van der Waals surface area contributed by atoms with E-state index in [1.807, 2.05) is 41.8 Å². The molecular weight excluding hydrogens is 448 g/mol. The van der Waals surface area contributed by atoms with Gasteiger partial charge >= 0.3 is 0 Å². The van der Waals surface area contributed by atoms with Gasteiger partial charge in [-0.15, -0.1) is 11.3 Å². The number of aromatic nitrogens is 2. The lowest BCUT2D eigenvalue weighted by molar-refractivity contribution is 0.396. The number of nitrogens with one attached hydrogen (secondary N) is 1. The molecule has 1 atom stereocenters. The summed E-state index contributed by atoms with van der Waals surface area (Å²) in [5.41, 5.74) is 4.44. The van der Waals surface area contributed by atoms with Crippen LogP contribution in [0.25, 0.3) is 16.3 Å². The summed E-state index contributed by atoms with van der Waals surface area (Å²) in [5, 5.41) is 10.5. The molecule has 0 aliphatic carbocycles. The molecule has 0 fully saturated rings. The van der Waals surface area contributed by atoms with Gasteiger partial charge in [0.2, 0.25) is 5.82 Å². The molecule has 2 aromatic heterocycles. The lowest BCUT2D eigenvalue weighted by atomic mass is 9.94. The van der Waals surface area contributed by atoms with Crippen LogP contribution in [0.2, 0.25) is 0 Å². The van der Waals surface area contributed by atoms with Crippen molar-refractivity contribution in [1.82, 2.24) is 20.4 Å². The maximum absolute atomic E-state index is 5.80. The quantitative estimate of drug-likeness (QED) is 0.328. The zero-order valence-corrected chi connectivity index (χ0v) is 19.9. The summed E-state index contributed by atoms with van der Waals surface area (Å²) in [4.78, 5) is 7.89. The van der Waals surface area contributed by atoms with Crippen LogP contribution in [0.5, 0.6) is 0 Å². The molecule has 0 amide bonds. The second-order valence-electron chi connectivity index (χ2n) is 7.93. The molecule has 1 aliphatic heterocycles. The van der Waals surface area contributed by atoms with E-state index in [2.05, 4.69) is 58.7 Å². The van der Waals surface area contributed by atoms with Gasteiger partial charge in [-0.25, -0.2) is 0 Å². The first kappa shape index (κ1) is 21.6. The van der Waals surface area contributed by atoms with E-state index >= 15 is 0 Å². The minimum Gasteiger partial charge on any atom is -0.351 e. The molecule has 7 heteroatoms. The third-order valence-corrected chi connectivity index (χ3v) is 7.02. The zero-order chi connectivity index (χ0) is 22.6. The summed E-state index contributed by atoms with van der Waals surface area (Å²) in [5.74, 6) is 1.13. The fourth-order valence-electron chi connectivity index (χ4n) is 4.15. The minimum absolute atomic E-state index is 0.152. The Morgan fingerprint density at radius 1 is 1.03 bits per heavy atom. The Morgan fingerprint density at radius 2 is 1.79 bits per heavy atom. The number of thiocarbonyl (C=S) groups is 1. The number of benzene rings is 2. The zero-order valence-electron chi connectivity index (χ0n) is 18.3. The van der Waals surface area contributed by atoms with Gasteiger partial charge in [-0.3, -0.25) is 0 Å². The van der Waals surface area contributed by atoms with Gasteiger partial charge in [-0.2, -0.15) is 4.98 Å². The van der Waals surface area contributed by atoms with Crippen LogP contribution in [-0.4, -0.2) is 26.7 Å². The van der Waals surface area contributed by atoms with Gasteiger partial charge in [0.15, 0.2) is 5.11 Å². The highest BCUT2D eigenvalue weighted by Crippen LogP contribution is 2.37. The van der Waals surface area contributed by atoms with Crippen LogP contribution in [0.15, 0.2) is 88.4 Å². The van der Waals surface area contributed by atoms with E-state index in [0.717, 1.165) is 46.2 Å². The van der Waals surface area contributed by atoms with Crippen LogP contribution in [0, 0.1) is 0 Å². The van der Waals surface area contributed by atoms with Gasteiger partial charge in [0.25, 0.3) is 5.89 Å². The fraction of sp³-hybridized carbons (Fsp3) is 0.192. The van der Waals surface area contributed by atoms with Crippen molar-refractivity contribution < 1.29 is 4.52 Å². The highest BCUT2D eigenvalue weighted by Gasteiger charge is 2.33. The van der Waals surface area contributed by atoms with E-state index < -0.39 is 0 Å². The topological polar surface area (TPSA) is 54.2 Å². The third kappa shape index (κ3) is 4.60. The van der Waals surface area contributed by atoms with E-state index in [1.54, 1.807) is 11.3 Å². The number of aryl methyl sites for hydroxylation is 1. The summed E-state index contributed by atoms with van der Waals surface area (Å²) in [6.45, 7) is 2.90. The van der Waals surface area contributed by atoms with Crippen LogP contribution in [0.3, 0.4) is 0 Å². The molecule has 166 valence electrons. The molecule has 5 nitrogen and oxygen atoms in total. The Morgan fingerprint density at radius 3 is 2.52 bits per heavy atom. The fourth-order valence-corrected chi connectivity index (χ4v) is 5.14. The average Bonchev–Trinajstić information content (AvgIpc) is 3.54. The molecule has 3 heterocycles. The van der Waals surface area contributed by atoms with Crippen molar-refractivity contribution in [2.24, 2.45) is 0 Å². The number of rotatable bonds is 7. The molecule has 0 radical (unpaired) electrons. The lowest BCUT2D eigenvalue weighted by Gasteiger charge is -2.37. The highest BCUT2D eigenvalue weighted by molar-refractivity contribution is 7.80. The van der Waals surface area contributed by atoms with E-state index in [-0.39, 0.29) is 6.04 Å². The van der Waals surface area contributed by atoms with Gasteiger partial charge in [0, 0.05) is 12.2 Å². The summed E-state index contributed by atoms with van der Waals surface area (Å²) in [7, 11) is 0. The van der Waals surface area contributed by atoms with Gasteiger partial charge < -0.3 is 14.7 Å². The Hall–Kier alpha value is -3.29. The van der Waals surface area contributed by atoms with Crippen LogP contribution >= 0.6 is 23.6 Å². The number of thiophene rings is 1. The first-order chi connectivity index (χ1) is 16.2. The molecule has 5 rings (SSSR count). The molecule has 4 aromatic rings. The molecular formula is C26H24N4OS2. The predicted molar refractivity (Wildman–Crippen MR) is 137 cm³/mol. The van der Waals surface area contributed by atoms with Crippen LogP contribution < -0.4 is 5.32 Å². The molecule has 33 heavy (non-hydrogen) atoms. The maximum Gasteiger partial charge on any atom is 0.258 e. The predicted octanol–water partition coefficient (Wildman–Crippen LogP) is 6.09. The van der Waals surface area contributed by atoms with Crippen LogP contribution in [-0.2, 0) is 6.42 Å². The Kier molecular flexibility index (Phi) is 6.32. The summed E-state index contributed by atoms with van der Waals surface area (Å²) in [6.07, 6.45) is 1.98. The number of nitrogens with zero attached hydrogens (tertiary/aromatic N) is 3. The second-order valence-corrected chi connectivity index (χ2v) is 9.27. The first-order valence-corrected chi connectivity index (χ1v) is 12.2. The smallest absolute Gasteiger partial charge is 0.258 e. The first-order valence-electron chi connectivity index (χ1n) is 11.0. The molecule has 1 unspecified atom stereocenters. The van der Waals surface area contributed by atoms with Gasteiger partial charge in [-0.1, -0.05) is 71.9 Å². The van der Waals surface area contributed by atoms with Gasteiger partial charge in [0.05, 0.1) is 16.5 Å². The van der Waals surface area contributed by atoms with E-state index in [4.69, 9.17) is 21.7 Å². The highest BCUT2D eigenvalue weighted by atomic mass is 32.1.